The first-order chi connectivity index (χ1) is 7.52. The molecule has 1 atom stereocenters. The molecule has 0 fully saturated rings. The lowest BCUT2D eigenvalue weighted by atomic mass is 10.1. The summed E-state index contributed by atoms with van der Waals surface area (Å²) in [6.07, 6.45) is -0.761. The molecule has 0 saturated heterocycles. The van der Waals surface area contributed by atoms with Crippen LogP contribution in [0.25, 0.3) is 0 Å². The van der Waals surface area contributed by atoms with Gasteiger partial charge in [-0.2, -0.15) is 0 Å². The van der Waals surface area contributed by atoms with Gasteiger partial charge in [0.2, 0.25) is 0 Å². The lowest BCUT2D eigenvalue weighted by Crippen LogP contribution is -2.15. The van der Waals surface area contributed by atoms with Crippen molar-refractivity contribution < 1.29 is 9.50 Å². The average Bonchev–Trinajstić information content (AvgIpc) is 2.16. The quantitative estimate of drug-likeness (QED) is 0.804. The maximum absolute atomic E-state index is 13.5. The zero-order valence-corrected chi connectivity index (χ0v) is 10.7. The Labute approximate surface area is 100 Å². The molecule has 16 heavy (non-hydrogen) atoms. The summed E-state index contributed by atoms with van der Waals surface area (Å²) in [5.41, 5.74) is 0.409. The Bertz CT molecular complexity index is 342. The molecule has 0 amide bonds. The van der Waals surface area contributed by atoms with Gasteiger partial charge in [-0.15, -0.1) is 11.8 Å². The number of hydrogen-bond donors (Lipinski definition) is 1. The number of benzene rings is 1. The van der Waals surface area contributed by atoms with Gasteiger partial charge >= 0.3 is 0 Å². The smallest absolute Gasteiger partial charge is 0.130 e. The largest absolute Gasteiger partial charge is 0.389 e. The van der Waals surface area contributed by atoms with Crippen molar-refractivity contribution >= 4 is 11.8 Å². The highest BCUT2D eigenvalue weighted by molar-refractivity contribution is 7.99. The summed E-state index contributed by atoms with van der Waals surface area (Å²) in [4.78, 5) is 2.91. The minimum absolute atomic E-state index is 0.329. The second kappa shape index (κ2) is 6.23. The first-order valence-electron chi connectivity index (χ1n) is 5.26. The SMILES string of the molecule is C[C@H](O)c1c(F)cccc1SCCN(C)C. The van der Waals surface area contributed by atoms with Crippen LogP contribution in [0.3, 0.4) is 0 Å². The third-order valence-electron chi connectivity index (χ3n) is 2.23. The Hall–Kier alpha value is -0.580. The van der Waals surface area contributed by atoms with E-state index in [0.717, 1.165) is 17.2 Å². The minimum Gasteiger partial charge on any atom is -0.389 e. The molecule has 0 bridgehead atoms. The molecule has 0 spiro atoms. The second-order valence-corrected chi connectivity index (χ2v) is 5.12. The highest BCUT2D eigenvalue weighted by atomic mass is 32.2. The molecule has 1 rings (SSSR count). The van der Waals surface area contributed by atoms with Gasteiger partial charge in [-0.05, 0) is 33.2 Å². The molecule has 0 unspecified atom stereocenters. The molecule has 1 N–H and O–H groups in total. The molecule has 0 aromatic heterocycles. The van der Waals surface area contributed by atoms with Gasteiger partial charge in [-0.25, -0.2) is 4.39 Å². The van der Waals surface area contributed by atoms with E-state index in [1.165, 1.54) is 6.07 Å². The first-order valence-corrected chi connectivity index (χ1v) is 6.25. The summed E-state index contributed by atoms with van der Waals surface area (Å²) >= 11 is 1.58. The van der Waals surface area contributed by atoms with Gasteiger partial charge in [-0.3, -0.25) is 0 Å². The normalized spacial score (nSPS) is 13.1. The monoisotopic (exact) mass is 243 g/mol. The van der Waals surface area contributed by atoms with Crippen LogP contribution < -0.4 is 0 Å². The Balaban J connectivity index is 2.75. The number of thioether (sulfide) groups is 1. The fraction of sp³-hybridized carbons (Fsp3) is 0.500. The van der Waals surface area contributed by atoms with Crippen LogP contribution in [0.5, 0.6) is 0 Å². The molecule has 0 aliphatic carbocycles. The van der Waals surface area contributed by atoms with E-state index < -0.39 is 6.10 Å². The highest BCUT2D eigenvalue weighted by Gasteiger charge is 2.13. The molecule has 0 aliphatic rings. The third-order valence-corrected chi connectivity index (χ3v) is 3.28. The van der Waals surface area contributed by atoms with Crippen molar-refractivity contribution in [2.24, 2.45) is 0 Å². The number of halogens is 1. The minimum atomic E-state index is -0.761. The van der Waals surface area contributed by atoms with E-state index in [1.54, 1.807) is 24.8 Å². The Morgan fingerprint density at radius 1 is 1.44 bits per heavy atom. The summed E-state index contributed by atoms with van der Waals surface area (Å²) in [5, 5.41) is 9.53. The predicted octanol–water partition coefficient (Wildman–Crippen LogP) is 2.53. The fourth-order valence-corrected chi connectivity index (χ4v) is 2.66. The third kappa shape index (κ3) is 3.77. The van der Waals surface area contributed by atoms with E-state index in [1.807, 2.05) is 20.2 Å². The van der Waals surface area contributed by atoms with Crippen LogP contribution in [0.1, 0.15) is 18.6 Å². The molecule has 1 aromatic rings. The first kappa shape index (κ1) is 13.5. The van der Waals surface area contributed by atoms with Gasteiger partial charge in [0.25, 0.3) is 0 Å². The summed E-state index contributed by atoms with van der Waals surface area (Å²) in [5.74, 6) is 0.556. The van der Waals surface area contributed by atoms with Gasteiger partial charge in [0.05, 0.1) is 6.10 Å². The van der Waals surface area contributed by atoms with Crippen molar-refractivity contribution in [2.45, 2.75) is 17.9 Å². The molecule has 90 valence electrons. The van der Waals surface area contributed by atoms with Crippen LogP contribution in [0.2, 0.25) is 0 Å². The van der Waals surface area contributed by atoms with Crippen LogP contribution in [0, 0.1) is 5.82 Å². The number of rotatable bonds is 5. The van der Waals surface area contributed by atoms with Gasteiger partial charge < -0.3 is 10.0 Å². The molecule has 0 heterocycles. The number of hydrogen-bond acceptors (Lipinski definition) is 3. The molecule has 0 radical (unpaired) electrons. The van der Waals surface area contributed by atoms with Crippen molar-refractivity contribution in [1.29, 1.82) is 0 Å². The topological polar surface area (TPSA) is 23.5 Å². The van der Waals surface area contributed by atoms with Crippen LogP contribution in [-0.2, 0) is 0 Å². The van der Waals surface area contributed by atoms with Crippen molar-refractivity contribution in [3.63, 3.8) is 0 Å². The maximum Gasteiger partial charge on any atom is 0.130 e. The number of aliphatic hydroxyl groups is 1. The van der Waals surface area contributed by atoms with Gasteiger partial charge in [0.15, 0.2) is 0 Å². The fourth-order valence-electron chi connectivity index (χ4n) is 1.39. The molecule has 4 heteroatoms. The van der Waals surface area contributed by atoms with E-state index in [4.69, 9.17) is 0 Å². The molecule has 2 nitrogen and oxygen atoms in total. The summed E-state index contributed by atoms with van der Waals surface area (Å²) in [6, 6.07) is 4.92. The van der Waals surface area contributed by atoms with E-state index in [9.17, 15) is 9.50 Å². The van der Waals surface area contributed by atoms with Crippen LogP contribution >= 0.6 is 11.8 Å². The maximum atomic E-state index is 13.5. The van der Waals surface area contributed by atoms with Crippen LogP contribution in [-0.4, -0.2) is 36.4 Å². The summed E-state index contributed by atoms with van der Waals surface area (Å²) in [7, 11) is 4.00. The molecule has 1 aromatic carbocycles. The van der Waals surface area contributed by atoms with Crippen molar-refractivity contribution in [3.8, 4) is 0 Å². The Morgan fingerprint density at radius 3 is 2.69 bits per heavy atom. The van der Waals surface area contributed by atoms with E-state index >= 15 is 0 Å². The van der Waals surface area contributed by atoms with Crippen LogP contribution in [0.15, 0.2) is 23.1 Å². The van der Waals surface area contributed by atoms with Gasteiger partial charge in [-0.1, -0.05) is 6.07 Å². The lowest BCUT2D eigenvalue weighted by Gasteiger charge is -2.14. The van der Waals surface area contributed by atoms with E-state index in [0.29, 0.717) is 5.56 Å². The van der Waals surface area contributed by atoms with Crippen molar-refractivity contribution in [2.75, 3.05) is 26.4 Å². The van der Waals surface area contributed by atoms with E-state index in [-0.39, 0.29) is 5.82 Å². The van der Waals surface area contributed by atoms with Crippen molar-refractivity contribution in [3.05, 3.63) is 29.6 Å². The Morgan fingerprint density at radius 2 is 2.12 bits per heavy atom. The van der Waals surface area contributed by atoms with Crippen molar-refractivity contribution in [1.82, 2.24) is 4.90 Å². The number of aliphatic hydroxyl groups excluding tert-OH is 1. The second-order valence-electron chi connectivity index (χ2n) is 3.98. The molecule has 0 saturated carbocycles. The highest BCUT2D eigenvalue weighted by Crippen LogP contribution is 2.29. The summed E-state index contributed by atoms with van der Waals surface area (Å²) < 4.78 is 13.5. The average molecular weight is 243 g/mol. The summed E-state index contributed by atoms with van der Waals surface area (Å²) in [6.45, 7) is 2.52. The molecule has 0 aliphatic heterocycles. The lowest BCUT2D eigenvalue weighted by molar-refractivity contribution is 0.191. The number of nitrogens with zero attached hydrogens (tertiary/aromatic N) is 1. The Kier molecular flexibility index (Phi) is 5.25. The van der Waals surface area contributed by atoms with Crippen LogP contribution in [0.4, 0.5) is 4.39 Å². The predicted molar refractivity (Wildman–Crippen MR) is 66.3 cm³/mol. The standard InChI is InChI=1S/C12H18FNOS/c1-9(15)12-10(13)5-4-6-11(12)16-8-7-14(2)3/h4-6,9,15H,7-8H2,1-3H3/t9-/m0/s1. The van der Waals surface area contributed by atoms with Gasteiger partial charge in [0, 0.05) is 22.8 Å². The van der Waals surface area contributed by atoms with Gasteiger partial charge in [0.1, 0.15) is 5.82 Å². The molecular formula is C12H18FNOS. The van der Waals surface area contributed by atoms with E-state index in [2.05, 4.69) is 4.90 Å². The zero-order valence-electron chi connectivity index (χ0n) is 9.90. The zero-order chi connectivity index (χ0) is 12.1. The molecular weight excluding hydrogens is 225 g/mol.